The molecule has 0 unspecified atom stereocenters. The molecule has 23 heavy (non-hydrogen) atoms. The number of carbonyl (C=O) groups is 1. The third-order valence-corrected chi connectivity index (χ3v) is 4.27. The summed E-state index contributed by atoms with van der Waals surface area (Å²) in [5, 5.41) is 4.04. The number of para-hydroxylation sites is 1. The predicted octanol–water partition coefficient (Wildman–Crippen LogP) is 3.93. The van der Waals surface area contributed by atoms with Crippen LogP contribution in [-0.2, 0) is 6.42 Å². The Bertz CT molecular complexity index is 855. The molecule has 0 N–H and O–H groups in total. The number of benzene rings is 2. The number of nitrogens with zero attached hydrogens (tertiary/aromatic N) is 2. The molecule has 0 saturated heterocycles. The first-order valence-electron chi connectivity index (χ1n) is 7.67. The van der Waals surface area contributed by atoms with Crippen LogP contribution < -0.4 is 4.90 Å². The molecule has 1 amide bonds. The van der Waals surface area contributed by atoms with Gasteiger partial charge in [0.2, 0.25) is 0 Å². The number of rotatable bonds is 2. The zero-order chi connectivity index (χ0) is 15.8. The Morgan fingerprint density at radius 2 is 1.87 bits per heavy atom. The molecule has 3 aromatic rings. The summed E-state index contributed by atoms with van der Waals surface area (Å²) >= 11 is 0. The third-order valence-electron chi connectivity index (χ3n) is 4.27. The van der Waals surface area contributed by atoms with E-state index in [1.54, 1.807) is 0 Å². The minimum Gasteiger partial charge on any atom is -0.363 e. The highest BCUT2D eigenvalue weighted by molar-refractivity contribution is 6.10. The van der Waals surface area contributed by atoms with Crippen LogP contribution in [0.15, 0.2) is 65.4 Å². The van der Waals surface area contributed by atoms with Crippen LogP contribution in [-0.4, -0.2) is 17.1 Å². The number of carbonyl (C=O) groups excluding carboxylic acids is 1. The maximum atomic E-state index is 13.1. The van der Waals surface area contributed by atoms with Gasteiger partial charge in [-0.15, -0.1) is 0 Å². The maximum absolute atomic E-state index is 13.1. The van der Waals surface area contributed by atoms with Crippen LogP contribution in [0.1, 0.15) is 22.8 Å². The molecule has 0 spiro atoms. The van der Waals surface area contributed by atoms with E-state index in [0.717, 1.165) is 17.7 Å². The average molecular weight is 304 g/mol. The first-order chi connectivity index (χ1) is 11.3. The standard InChI is InChI=1S/C19H16N2O2/c1-13-11-15-9-5-6-10-17(15)21(13)19(22)16-12-23-20-18(16)14-7-3-2-4-8-14/h2-10,12-13H,11H2,1H3/t13-/m0/s1. The molecule has 0 bridgehead atoms. The molecule has 1 aliphatic heterocycles. The van der Waals surface area contributed by atoms with E-state index in [2.05, 4.69) is 18.1 Å². The van der Waals surface area contributed by atoms with Gasteiger partial charge in [0, 0.05) is 17.3 Å². The summed E-state index contributed by atoms with van der Waals surface area (Å²) in [4.78, 5) is 14.9. The van der Waals surface area contributed by atoms with Crippen molar-refractivity contribution in [2.75, 3.05) is 4.90 Å². The SMILES string of the molecule is C[C@H]1Cc2ccccc2N1C(=O)c1conc1-c1ccccc1. The van der Waals surface area contributed by atoms with Gasteiger partial charge >= 0.3 is 0 Å². The minimum absolute atomic E-state index is 0.0671. The summed E-state index contributed by atoms with van der Waals surface area (Å²) in [6.07, 6.45) is 2.31. The van der Waals surface area contributed by atoms with Crippen molar-refractivity contribution in [1.29, 1.82) is 0 Å². The molecule has 1 aromatic heterocycles. The average Bonchev–Trinajstić information content (AvgIpc) is 3.18. The van der Waals surface area contributed by atoms with Crippen LogP contribution in [0.3, 0.4) is 0 Å². The fourth-order valence-electron chi connectivity index (χ4n) is 3.20. The molecule has 1 atom stereocenters. The quantitative estimate of drug-likeness (QED) is 0.720. The molecule has 114 valence electrons. The van der Waals surface area contributed by atoms with Crippen LogP contribution >= 0.6 is 0 Å². The third kappa shape index (κ3) is 2.23. The predicted molar refractivity (Wildman–Crippen MR) is 88.4 cm³/mol. The highest BCUT2D eigenvalue weighted by Crippen LogP contribution is 2.34. The minimum atomic E-state index is -0.0671. The summed E-state index contributed by atoms with van der Waals surface area (Å²) < 4.78 is 5.11. The Hall–Kier alpha value is -2.88. The van der Waals surface area contributed by atoms with Crippen molar-refractivity contribution in [3.63, 3.8) is 0 Å². The van der Waals surface area contributed by atoms with Gasteiger partial charge in [-0.2, -0.15) is 0 Å². The molecule has 4 heteroatoms. The topological polar surface area (TPSA) is 46.3 Å². The first kappa shape index (κ1) is 13.8. The molecule has 0 fully saturated rings. The summed E-state index contributed by atoms with van der Waals surface area (Å²) in [6.45, 7) is 2.06. The van der Waals surface area contributed by atoms with Crippen molar-refractivity contribution in [2.24, 2.45) is 0 Å². The van der Waals surface area contributed by atoms with E-state index < -0.39 is 0 Å². The van der Waals surface area contributed by atoms with Crippen molar-refractivity contribution < 1.29 is 9.32 Å². The monoisotopic (exact) mass is 304 g/mol. The molecule has 0 saturated carbocycles. The van der Waals surface area contributed by atoms with Gasteiger partial charge in [0.15, 0.2) is 0 Å². The second-order valence-electron chi connectivity index (χ2n) is 5.80. The largest absolute Gasteiger partial charge is 0.363 e. The van der Waals surface area contributed by atoms with E-state index in [0.29, 0.717) is 11.3 Å². The normalized spacial score (nSPS) is 16.4. The Morgan fingerprint density at radius 1 is 1.13 bits per heavy atom. The van der Waals surface area contributed by atoms with Crippen molar-refractivity contribution in [2.45, 2.75) is 19.4 Å². The van der Waals surface area contributed by atoms with E-state index in [-0.39, 0.29) is 11.9 Å². The van der Waals surface area contributed by atoms with Gasteiger partial charge in [0.05, 0.1) is 0 Å². The zero-order valence-corrected chi connectivity index (χ0v) is 12.8. The number of fused-ring (bicyclic) bond motifs is 1. The Kier molecular flexibility index (Phi) is 3.23. The van der Waals surface area contributed by atoms with Gasteiger partial charge < -0.3 is 9.42 Å². The molecule has 2 heterocycles. The van der Waals surface area contributed by atoms with Gasteiger partial charge in [0.25, 0.3) is 5.91 Å². The zero-order valence-electron chi connectivity index (χ0n) is 12.8. The second-order valence-corrected chi connectivity index (χ2v) is 5.80. The molecule has 0 aliphatic carbocycles. The molecular weight excluding hydrogens is 288 g/mol. The molecular formula is C19H16N2O2. The molecule has 4 rings (SSSR count). The number of hydrogen-bond acceptors (Lipinski definition) is 3. The first-order valence-corrected chi connectivity index (χ1v) is 7.67. The lowest BCUT2D eigenvalue weighted by Gasteiger charge is -2.22. The van der Waals surface area contributed by atoms with Gasteiger partial charge in [0.1, 0.15) is 17.5 Å². The van der Waals surface area contributed by atoms with E-state index in [4.69, 9.17) is 4.52 Å². The highest BCUT2D eigenvalue weighted by Gasteiger charge is 2.33. The van der Waals surface area contributed by atoms with Crippen LogP contribution in [0.4, 0.5) is 5.69 Å². The van der Waals surface area contributed by atoms with Crippen molar-refractivity contribution in [1.82, 2.24) is 5.16 Å². The lowest BCUT2D eigenvalue weighted by atomic mass is 10.1. The Morgan fingerprint density at radius 3 is 2.70 bits per heavy atom. The Labute approximate surface area is 134 Å². The maximum Gasteiger partial charge on any atom is 0.264 e. The highest BCUT2D eigenvalue weighted by atomic mass is 16.5. The van der Waals surface area contributed by atoms with Crippen LogP contribution in [0.5, 0.6) is 0 Å². The second kappa shape index (κ2) is 5.39. The van der Waals surface area contributed by atoms with E-state index >= 15 is 0 Å². The number of hydrogen-bond donors (Lipinski definition) is 0. The van der Waals surface area contributed by atoms with Crippen molar-refractivity contribution >= 4 is 11.6 Å². The lowest BCUT2D eigenvalue weighted by Crippen LogP contribution is -2.35. The molecule has 0 radical (unpaired) electrons. The van der Waals surface area contributed by atoms with Crippen molar-refractivity contribution in [3.8, 4) is 11.3 Å². The summed E-state index contributed by atoms with van der Waals surface area (Å²) in [6, 6.07) is 17.8. The van der Waals surface area contributed by atoms with Gasteiger partial charge in [-0.25, -0.2) is 0 Å². The Balaban J connectivity index is 1.76. The van der Waals surface area contributed by atoms with Gasteiger partial charge in [-0.1, -0.05) is 53.7 Å². The number of anilines is 1. The molecule has 1 aliphatic rings. The van der Waals surface area contributed by atoms with E-state index in [1.165, 1.54) is 11.8 Å². The smallest absolute Gasteiger partial charge is 0.264 e. The van der Waals surface area contributed by atoms with E-state index in [1.807, 2.05) is 53.4 Å². The van der Waals surface area contributed by atoms with E-state index in [9.17, 15) is 4.79 Å². The lowest BCUT2D eigenvalue weighted by molar-refractivity contribution is 0.0981. The molecule has 2 aromatic carbocycles. The van der Waals surface area contributed by atoms with Crippen molar-refractivity contribution in [3.05, 3.63) is 72.0 Å². The van der Waals surface area contributed by atoms with Crippen LogP contribution in [0, 0.1) is 0 Å². The fraction of sp³-hybridized carbons (Fsp3) is 0.158. The van der Waals surface area contributed by atoms with Crippen LogP contribution in [0.25, 0.3) is 11.3 Å². The summed E-state index contributed by atoms with van der Waals surface area (Å²) in [5.41, 5.74) is 4.15. The molecule has 4 nitrogen and oxygen atoms in total. The summed E-state index contributed by atoms with van der Waals surface area (Å²) in [7, 11) is 0. The van der Waals surface area contributed by atoms with Gasteiger partial charge in [-0.3, -0.25) is 4.79 Å². The number of aromatic nitrogens is 1. The van der Waals surface area contributed by atoms with Crippen LogP contribution in [0.2, 0.25) is 0 Å². The fourth-order valence-corrected chi connectivity index (χ4v) is 3.20. The van der Waals surface area contributed by atoms with Gasteiger partial charge in [-0.05, 0) is 25.0 Å². The summed E-state index contributed by atoms with van der Waals surface area (Å²) in [5.74, 6) is -0.0671. The number of amides is 1.